The molecule has 2 fully saturated rings. The van der Waals surface area contributed by atoms with Gasteiger partial charge in [-0.25, -0.2) is 0 Å². The molecule has 0 amide bonds. The summed E-state index contributed by atoms with van der Waals surface area (Å²) in [6.45, 7) is 11.8. The van der Waals surface area contributed by atoms with Gasteiger partial charge in [-0.1, -0.05) is 26.8 Å². The van der Waals surface area contributed by atoms with Gasteiger partial charge in [-0.05, 0) is 80.2 Å². The second kappa shape index (κ2) is 8.33. The van der Waals surface area contributed by atoms with Crippen LogP contribution in [-0.2, 0) is 11.8 Å². The first-order valence-electron chi connectivity index (χ1n) is 11.1. The molecule has 0 bridgehead atoms. The van der Waals surface area contributed by atoms with E-state index in [4.69, 9.17) is 10.5 Å². The number of rotatable bonds is 8. The Morgan fingerprint density at radius 1 is 1.32 bits per heavy atom. The monoisotopic (exact) mass is 388 g/mol. The van der Waals surface area contributed by atoms with Gasteiger partial charge in [-0.15, -0.1) is 0 Å². The largest absolute Gasteiger partial charge is 0.497 e. The zero-order chi connectivity index (χ0) is 20.5. The van der Waals surface area contributed by atoms with Crippen molar-refractivity contribution in [3.8, 4) is 5.75 Å². The van der Waals surface area contributed by atoms with Gasteiger partial charge in [0.25, 0.3) is 0 Å². The quantitative estimate of drug-likeness (QED) is 0.712. The number of nitrogens with zero attached hydrogens (tertiary/aromatic N) is 1. The highest BCUT2D eigenvalue weighted by Crippen LogP contribution is 2.55. The number of methoxy groups -OCH3 is 1. The number of aliphatic hydroxyl groups excluding tert-OH is 1. The molecule has 3 unspecified atom stereocenters. The Bertz CT molecular complexity index is 671. The molecule has 1 saturated carbocycles. The first-order chi connectivity index (χ1) is 13.3. The van der Waals surface area contributed by atoms with Crippen molar-refractivity contribution in [2.75, 3.05) is 26.8 Å². The Morgan fingerprint density at radius 3 is 2.61 bits per heavy atom. The van der Waals surface area contributed by atoms with Crippen molar-refractivity contribution in [3.05, 3.63) is 29.3 Å². The van der Waals surface area contributed by atoms with Crippen LogP contribution in [0.3, 0.4) is 0 Å². The van der Waals surface area contributed by atoms with Crippen LogP contribution in [0, 0.1) is 11.3 Å². The van der Waals surface area contributed by atoms with Crippen molar-refractivity contribution < 1.29 is 9.84 Å². The molecule has 0 aromatic heterocycles. The van der Waals surface area contributed by atoms with E-state index in [1.54, 1.807) is 7.11 Å². The van der Waals surface area contributed by atoms with Gasteiger partial charge in [0.2, 0.25) is 0 Å². The van der Waals surface area contributed by atoms with E-state index in [2.05, 4.69) is 50.8 Å². The first-order valence-corrected chi connectivity index (χ1v) is 11.1. The number of likely N-dealkylation sites (tertiary alicyclic amines) is 1. The highest BCUT2D eigenvalue weighted by Gasteiger charge is 2.54. The van der Waals surface area contributed by atoms with Gasteiger partial charge in [0.15, 0.2) is 0 Å². The van der Waals surface area contributed by atoms with Crippen molar-refractivity contribution in [1.82, 2.24) is 4.90 Å². The SMILES string of the molecule is CCc1ccc(OC)cc1C1(CC(N)CO)CCN(CC2CC2)C(C)C1(C)C. The third-order valence-corrected chi connectivity index (χ3v) is 7.90. The smallest absolute Gasteiger partial charge is 0.119 e. The fourth-order valence-electron chi connectivity index (χ4n) is 5.49. The van der Waals surface area contributed by atoms with E-state index >= 15 is 0 Å². The number of ether oxygens (including phenoxy) is 1. The summed E-state index contributed by atoms with van der Waals surface area (Å²) < 4.78 is 5.61. The second-order valence-electron chi connectivity index (χ2n) is 9.69. The predicted octanol–water partition coefficient (Wildman–Crippen LogP) is 3.74. The van der Waals surface area contributed by atoms with E-state index in [0.29, 0.717) is 6.04 Å². The highest BCUT2D eigenvalue weighted by molar-refractivity contribution is 5.43. The minimum absolute atomic E-state index is 0.0310. The summed E-state index contributed by atoms with van der Waals surface area (Å²) in [7, 11) is 1.74. The maximum absolute atomic E-state index is 9.81. The maximum Gasteiger partial charge on any atom is 0.119 e. The average molecular weight is 389 g/mol. The van der Waals surface area contributed by atoms with Crippen molar-refractivity contribution in [2.45, 2.75) is 77.3 Å². The van der Waals surface area contributed by atoms with Crippen LogP contribution in [0.25, 0.3) is 0 Å². The number of aliphatic hydroxyl groups is 1. The lowest BCUT2D eigenvalue weighted by atomic mass is 9.52. The van der Waals surface area contributed by atoms with Crippen LogP contribution >= 0.6 is 0 Å². The molecular formula is C24H40N2O2. The van der Waals surface area contributed by atoms with Gasteiger partial charge in [0, 0.05) is 24.0 Å². The van der Waals surface area contributed by atoms with Crippen molar-refractivity contribution >= 4 is 0 Å². The van der Waals surface area contributed by atoms with Gasteiger partial charge in [0.05, 0.1) is 13.7 Å². The number of benzene rings is 1. The van der Waals surface area contributed by atoms with Gasteiger partial charge in [-0.2, -0.15) is 0 Å². The summed E-state index contributed by atoms with van der Waals surface area (Å²) in [5.41, 5.74) is 9.09. The highest BCUT2D eigenvalue weighted by atomic mass is 16.5. The lowest BCUT2D eigenvalue weighted by Crippen LogP contribution is -2.62. The third kappa shape index (κ3) is 3.83. The molecule has 3 N–H and O–H groups in total. The Kier molecular flexibility index (Phi) is 6.43. The second-order valence-corrected chi connectivity index (χ2v) is 9.69. The van der Waals surface area contributed by atoms with Crippen molar-refractivity contribution in [2.24, 2.45) is 17.1 Å². The maximum atomic E-state index is 9.81. The molecule has 1 aliphatic heterocycles. The van der Waals surface area contributed by atoms with E-state index in [1.165, 1.54) is 30.5 Å². The van der Waals surface area contributed by atoms with Crippen molar-refractivity contribution in [1.29, 1.82) is 0 Å². The van der Waals surface area contributed by atoms with Gasteiger partial charge >= 0.3 is 0 Å². The van der Waals surface area contributed by atoms with Crippen LogP contribution in [0.4, 0.5) is 0 Å². The van der Waals surface area contributed by atoms with E-state index in [1.807, 2.05) is 0 Å². The Labute approximate surface area is 171 Å². The summed E-state index contributed by atoms with van der Waals surface area (Å²) >= 11 is 0. The van der Waals surface area contributed by atoms with E-state index in [-0.39, 0.29) is 23.5 Å². The van der Waals surface area contributed by atoms with Gasteiger partial charge < -0.3 is 15.6 Å². The molecule has 2 aliphatic rings. The van der Waals surface area contributed by atoms with E-state index in [9.17, 15) is 5.11 Å². The summed E-state index contributed by atoms with van der Waals surface area (Å²) in [5.74, 6) is 1.81. The molecule has 3 atom stereocenters. The topological polar surface area (TPSA) is 58.7 Å². The number of hydrogen-bond acceptors (Lipinski definition) is 4. The first kappa shape index (κ1) is 21.6. The summed E-state index contributed by atoms with van der Waals surface area (Å²) in [5, 5.41) is 9.81. The molecule has 0 radical (unpaired) electrons. The number of piperidine rings is 1. The Balaban J connectivity index is 2.08. The third-order valence-electron chi connectivity index (χ3n) is 7.90. The molecule has 1 aromatic rings. The van der Waals surface area contributed by atoms with E-state index < -0.39 is 0 Å². The summed E-state index contributed by atoms with van der Waals surface area (Å²) in [6.07, 6.45) is 5.65. The Morgan fingerprint density at radius 2 is 2.04 bits per heavy atom. The van der Waals surface area contributed by atoms with Crippen LogP contribution in [0.1, 0.15) is 64.5 Å². The van der Waals surface area contributed by atoms with Crippen LogP contribution < -0.4 is 10.5 Å². The minimum Gasteiger partial charge on any atom is -0.497 e. The molecule has 4 heteroatoms. The zero-order valence-electron chi connectivity index (χ0n) is 18.5. The molecule has 1 saturated heterocycles. The van der Waals surface area contributed by atoms with Crippen LogP contribution in [0.2, 0.25) is 0 Å². The molecule has 1 aliphatic carbocycles. The van der Waals surface area contributed by atoms with Crippen LogP contribution in [0.15, 0.2) is 18.2 Å². The van der Waals surface area contributed by atoms with Gasteiger partial charge in [0.1, 0.15) is 5.75 Å². The standard InChI is InChI=1S/C24H40N2O2/c1-6-19-9-10-21(28-5)13-22(19)24(14-20(25)16-27)11-12-26(15-18-7-8-18)17(2)23(24,3)4/h9-10,13,17-18,20,27H,6-8,11-12,14-16,25H2,1-5H3. The summed E-state index contributed by atoms with van der Waals surface area (Å²) in [6, 6.07) is 6.78. The molecular weight excluding hydrogens is 348 g/mol. The molecule has 28 heavy (non-hydrogen) atoms. The van der Waals surface area contributed by atoms with Crippen molar-refractivity contribution in [3.63, 3.8) is 0 Å². The molecule has 3 rings (SSSR count). The fraction of sp³-hybridized carbons (Fsp3) is 0.750. The summed E-state index contributed by atoms with van der Waals surface area (Å²) in [4.78, 5) is 2.70. The number of aryl methyl sites for hydroxylation is 1. The molecule has 158 valence electrons. The van der Waals surface area contributed by atoms with Gasteiger partial charge in [-0.3, -0.25) is 4.90 Å². The minimum atomic E-state index is -0.211. The predicted molar refractivity (Wildman–Crippen MR) is 116 cm³/mol. The zero-order valence-corrected chi connectivity index (χ0v) is 18.5. The van der Waals surface area contributed by atoms with Crippen LogP contribution in [0.5, 0.6) is 5.75 Å². The average Bonchev–Trinajstić information content (AvgIpc) is 3.51. The lowest BCUT2D eigenvalue weighted by Gasteiger charge is -2.59. The van der Waals surface area contributed by atoms with Crippen LogP contribution in [-0.4, -0.2) is 48.9 Å². The molecule has 0 spiro atoms. The molecule has 1 heterocycles. The number of nitrogens with two attached hydrogens (primary N) is 1. The normalized spacial score (nSPS) is 28.9. The Hall–Kier alpha value is -1.10. The lowest BCUT2D eigenvalue weighted by molar-refractivity contribution is -0.0380. The number of hydrogen-bond donors (Lipinski definition) is 2. The van der Waals surface area contributed by atoms with E-state index in [0.717, 1.165) is 37.5 Å². The molecule has 4 nitrogen and oxygen atoms in total. The fourth-order valence-corrected chi connectivity index (χ4v) is 5.49. The molecule has 1 aromatic carbocycles.